The van der Waals surface area contributed by atoms with Crippen molar-refractivity contribution in [2.45, 2.75) is 19.4 Å². The van der Waals surface area contributed by atoms with Gasteiger partial charge < -0.3 is 10.5 Å². The summed E-state index contributed by atoms with van der Waals surface area (Å²) in [4.78, 5) is 18.6. The first-order valence-corrected chi connectivity index (χ1v) is 11.4. The van der Waals surface area contributed by atoms with Gasteiger partial charge in [-0.2, -0.15) is 4.98 Å². The molecule has 0 amide bonds. The molecule has 34 heavy (non-hydrogen) atoms. The summed E-state index contributed by atoms with van der Waals surface area (Å²) in [6.45, 7) is 1.08. The zero-order chi connectivity index (χ0) is 23.2. The van der Waals surface area contributed by atoms with E-state index in [2.05, 4.69) is 9.97 Å². The number of aromatic nitrogens is 4. The molecular weight excluding hydrogens is 422 g/mol. The average molecular weight is 448 g/mol. The predicted octanol–water partition coefficient (Wildman–Crippen LogP) is 5.22. The van der Waals surface area contributed by atoms with Crippen LogP contribution in [0.2, 0.25) is 0 Å². The molecule has 5 rings (SSSR count). The van der Waals surface area contributed by atoms with E-state index in [-0.39, 0.29) is 0 Å². The normalized spacial score (nSPS) is 11.0. The Morgan fingerprint density at radius 2 is 1.41 bits per heavy atom. The summed E-state index contributed by atoms with van der Waals surface area (Å²) in [5.74, 6) is 0.551. The van der Waals surface area contributed by atoms with Crippen molar-refractivity contribution in [1.29, 1.82) is 0 Å². The molecule has 0 aliphatic carbocycles. The Bertz CT molecular complexity index is 1370. The molecule has 0 spiro atoms. The lowest BCUT2D eigenvalue weighted by molar-refractivity contribution is 0.300. The standard InChI is InChI=1S/C28H25N5O/c29-19-21-8-10-23(11-9-21)26-27(22-6-2-1-3-7-22)33-28-24(31-26)12-13-25(32-28)34-18-4-5-20-14-16-30-17-15-20/h1-3,6-17H,4-5,18-19,29H2. The van der Waals surface area contributed by atoms with E-state index in [1.54, 1.807) is 0 Å². The highest BCUT2D eigenvalue weighted by Gasteiger charge is 2.14. The molecular formula is C28H25N5O. The van der Waals surface area contributed by atoms with Gasteiger partial charge in [0.05, 0.1) is 18.0 Å². The number of hydrogen-bond donors (Lipinski definition) is 1. The van der Waals surface area contributed by atoms with E-state index in [1.807, 2.05) is 91.3 Å². The van der Waals surface area contributed by atoms with Crippen LogP contribution in [-0.2, 0) is 13.0 Å². The minimum absolute atomic E-state index is 0.504. The molecule has 0 atom stereocenters. The summed E-state index contributed by atoms with van der Waals surface area (Å²) in [6.07, 6.45) is 5.44. The number of aryl methyl sites for hydroxylation is 1. The molecule has 0 aliphatic rings. The third-order valence-electron chi connectivity index (χ3n) is 5.62. The van der Waals surface area contributed by atoms with E-state index in [9.17, 15) is 0 Å². The van der Waals surface area contributed by atoms with Crippen LogP contribution in [0.5, 0.6) is 5.88 Å². The van der Waals surface area contributed by atoms with E-state index >= 15 is 0 Å². The fraction of sp³-hybridized carbons (Fsp3) is 0.143. The van der Waals surface area contributed by atoms with E-state index in [0.717, 1.165) is 46.4 Å². The first-order chi connectivity index (χ1) is 16.8. The van der Waals surface area contributed by atoms with Crippen LogP contribution in [0.25, 0.3) is 33.7 Å². The van der Waals surface area contributed by atoms with Gasteiger partial charge in [-0.15, -0.1) is 0 Å². The zero-order valence-electron chi connectivity index (χ0n) is 18.8. The van der Waals surface area contributed by atoms with Gasteiger partial charge in [0.25, 0.3) is 0 Å². The molecule has 0 aliphatic heterocycles. The van der Waals surface area contributed by atoms with Gasteiger partial charge in [0.1, 0.15) is 5.52 Å². The molecule has 5 aromatic rings. The van der Waals surface area contributed by atoms with Crippen LogP contribution in [0.3, 0.4) is 0 Å². The third kappa shape index (κ3) is 4.92. The molecule has 168 valence electrons. The van der Waals surface area contributed by atoms with Crippen molar-refractivity contribution in [2.24, 2.45) is 5.73 Å². The highest BCUT2D eigenvalue weighted by molar-refractivity contribution is 5.84. The van der Waals surface area contributed by atoms with Crippen LogP contribution in [-0.4, -0.2) is 26.5 Å². The lowest BCUT2D eigenvalue weighted by atomic mass is 10.0. The van der Waals surface area contributed by atoms with Gasteiger partial charge in [0.2, 0.25) is 5.88 Å². The largest absolute Gasteiger partial charge is 0.478 e. The molecule has 0 fully saturated rings. The maximum absolute atomic E-state index is 5.92. The highest BCUT2D eigenvalue weighted by Crippen LogP contribution is 2.31. The molecule has 6 nitrogen and oxygen atoms in total. The van der Waals surface area contributed by atoms with Crippen molar-refractivity contribution in [2.75, 3.05) is 6.61 Å². The van der Waals surface area contributed by atoms with Crippen LogP contribution in [0.15, 0.2) is 91.3 Å². The number of ether oxygens (including phenoxy) is 1. The Labute approximate surface area is 198 Å². The Morgan fingerprint density at radius 3 is 2.18 bits per heavy atom. The first-order valence-electron chi connectivity index (χ1n) is 11.4. The van der Waals surface area contributed by atoms with Gasteiger partial charge in [-0.25, -0.2) is 9.97 Å². The topological polar surface area (TPSA) is 86.8 Å². The number of rotatable bonds is 8. The molecule has 0 bridgehead atoms. The maximum atomic E-state index is 5.92. The second-order valence-corrected chi connectivity index (χ2v) is 7.99. The first kappa shape index (κ1) is 21.7. The number of fused-ring (bicyclic) bond motifs is 1. The minimum Gasteiger partial charge on any atom is -0.478 e. The monoisotopic (exact) mass is 447 g/mol. The smallest absolute Gasteiger partial charge is 0.215 e. The maximum Gasteiger partial charge on any atom is 0.215 e. The van der Waals surface area contributed by atoms with Gasteiger partial charge >= 0.3 is 0 Å². The lowest BCUT2D eigenvalue weighted by Crippen LogP contribution is -2.03. The van der Waals surface area contributed by atoms with Crippen molar-refractivity contribution in [3.8, 4) is 28.4 Å². The van der Waals surface area contributed by atoms with E-state index in [1.165, 1.54) is 5.56 Å². The fourth-order valence-electron chi connectivity index (χ4n) is 3.81. The molecule has 6 heteroatoms. The van der Waals surface area contributed by atoms with Crippen molar-refractivity contribution in [3.05, 3.63) is 102 Å². The number of nitrogens with zero attached hydrogens (tertiary/aromatic N) is 4. The molecule has 0 unspecified atom stereocenters. The number of hydrogen-bond acceptors (Lipinski definition) is 6. The Morgan fingerprint density at radius 1 is 0.676 bits per heavy atom. The summed E-state index contributed by atoms with van der Waals surface area (Å²) < 4.78 is 5.92. The molecule has 2 aromatic carbocycles. The molecule has 3 heterocycles. The van der Waals surface area contributed by atoms with E-state index in [4.69, 9.17) is 20.4 Å². The summed E-state index contributed by atoms with van der Waals surface area (Å²) in [6, 6.07) is 26.0. The Hall–Kier alpha value is -4.16. The average Bonchev–Trinajstić information content (AvgIpc) is 2.91. The summed E-state index contributed by atoms with van der Waals surface area (Å²) >= 11 is 0. The van der Waals surface area contributed by atoms with Gasteiger partial charge in [0.15, 0.2) is 5.65 Å². The minimum atomic E-state index is 0.504. The van der Waals surface area contributed by atoms with E-state index in [0.29, 0.717) is 24.7 Å². The predicted molar refractivity (Wildman–Crippen MR) is 134 cm³/mol. The summed E-state index contributed by atoms with van der Waals surface area (Å²) in [5, 5.41) is 0. The van der Waals surface area contributed by atoms with Crippen molar-refractivity contribution in [3.63, 3.8) is 0 Å². The van der Waals surface area contributed by atoms with Crippen LogP contribution in [0, 0.1) is 0 Å². The Kier molecular flexibility index (Phi) is 6.49. The fourth-order valence-corrected chi connectivity index (χ4v) is 3.81. The van der Waals surface area contributed by atoms with Gasteiger partial charge in [-0.1, -0.05) is 54.6 Å². The quantitative estimate of drug-likeness (QED) is 0.328. The summed E-state index contributed by atoms with van der Waals surface area (Å²) in [7, 11) is 0. The zero-order valence-corrected chi connectivity index (χ0v) is 18.8. The van der Waals surface area contributed by atoms with Crippen LogP contribution in [0.1, 0.15) is 17.5 Å². The molecule has 0 saturated carbocycles. The molecule has 2 N–H and O–H groups in total. The second kappa shape index (κ2) is 10.2. The highest BCUT2D eigenvalue weighted by atomic mass is 16.5. The SMILES string of the molecule is NCc1ccc(-c2nc3ccc(OCCCc4ccncc4)nc3nc2-c2ccccc2)cc1. The lowest BCUT2D eigenvalue weighted by Gasteiger charge is -2.12. The van der Waals surface area contributed by atoms with Crippen LogP contribution in [0.4, 0.5) is 0 Å². The molecule has 0 saturated heterocycles. The van der Waals surface area contributed by atoms with E-state index < -0.39 is 0 Å². The molecule has 3 aromatic heterocycles. The van der Waals surface area contributed by atoms with Crippen LogP contribution >= 0.6 is 0 Å². The Balaban J connectivity index is 1.43. The van der Waals surface area contributed by atoms with Gasteiger partial charge in [-0.3, -0.25) is 4.98 Å². The van der Waals surface area contributed by atoms with Crippen molar-refractivity contribution >= 4 is 11.2 Å². The number of pyridine rings is 2. The van der Waals surface area contributed by atoms with Crippen LogP contribution < -0.4 is 10.5 Å². The van der Waals surface area contributed by atoms with Gasteiger partial charge in [0, 0.05) is 36.1 Å². The summed E-state index contributed by atoms with van der Waals surface area (Å²) in [5.41, 5.74) is 13.0. The number of benzene rings is 2. The molecule has 0 radical (unpaired) electrons. The second-order valence-electron chi connectivity index (χ2n) is 7.99. The third-order valence-corrected chi connectivity index (χ3v) is 5.62. The van der Waals surface area contributed by atoms with Crippen molar-refractivity contribution in [1.82, 2.24) is 19.9 Å². The number of nitrogens with two attached hydrogens (primary N) is 1. The van der Waals surface area contributed by atoms with Crippen molar-refractivity contribution < 1.29 is 4.74 Å². The van der Waals surface area contributed by atoms with Gasteiger partial charge in [-0.05, 0) is 42.2 Å².